The van der Waals surface area contributed by atoms with Crippen LogP contribution in [0.2, 0.25) is 0 Å². The molecule has 1 unspecified atom stereocenters. The van der Waals surface area contributed by atoms with E-state index < -0.39 is 4.99 Å². The Morgan fingerprint density at radius 3 is 2.47 bits per heavy atom. The van der Waals surface area contributed by atoms with Crippen LogP contribution in [0.4, 0.5) is 0 Å². The number of carbonyl (C=O) groups excluding carboxylic acids is 1. The van der Waals surface area contributed by atoms with Crippen LogP contribution in [0.3, 0.4) is 0 Å². The van der Waals surface area contributed by atoms with Crippen LogP contribution in [0.1, 0.15) is 56.9 Å². The van der Waals surface area contributed by atoms with Crippen molar-refractivity contribution in [2.45, 2.75) is 68.4 Å². The number of rotatable bonds is 5. The predicted octanol–water partition coefficient (Wildman–Crippen LogP) is 5.67. The van der Waals surface area contributed by atoms with E-state index in [1.165, 1.54) is 38.5 Å². The van der Waals surface area contributed by atoms with Gasteiger partial charge in [-0.25, -0.2) is 0 Å². The van der Waals surface area contributed by atoms with Gasteiger partial charge < -0.3 is 4.90 Å². The summed E-state index contributed by atoms with van der Waals surface area (Å²) in [6.45, 7) is 0. The zero-order valence-electron chi connectivity index (χ0n) is 17.1. The van der Waals surface area contributed by atoms with Crippen LogP contribution in [0.15, 0.2) is 47.2 Å². The van der Waals surface area contributed by atoms with E-state index in [1.54, 1.807) is 11.8 Å². The van der Waals surface area contributed by atoms with Crippen LogP contribution >= 0.6 is 27.7 Å². The maximum atomic E-state index is 13.3. The van der Waals surface area contributed by atoms with Crippen molar-refractivity contribution in [3.8, 4) is 11.1 Å². The predicted molar refractivity (Wildman–Crippen MR) is 126 cm³/mol. The molecule has 2 aromatic rings. The molecule has 2 heterocycles. The van der Waals surface area contributed by atoms with Gasteiger partial charge in [-0.1, -0.05) is 53.7 Å². The summed E-state index contributed by atoms with van der Waals surface area (Å²) in [5, 5.41) is 4.01. The average Bonchev–Trinajstić information content (AvgIpc) is 3.52. The van der Waals surface area contributed by atoms with Gasteiger partial charge in [0.25, 0.3) is 0 Å². The molecular weight excluding hydrogens is 458 g/mol. The first-order valence-corrected chi connectivity index (χ1v) is 12.9. The van der Waals surface area contributed by atoms with Crippen LogP contribution in [0, 0.1) is 0 Å². The third-order valence-corrected chi connectivity index (χ3v) is 8.67. The number of thioether (sulfide) groups is 1. The summed E-state index contributed by atoms with van der Waals surface area (Å²) >= 11 is 5.31. The Morgan fingerprint density at radius 1 is 1.03 bits per heavy atom. The van der Waals surface area contributed by atoms with Crippen LogP contribution in [-0.4, -0.2) is 33.6 Å². The number of aromatic nitrogens is 1. The summed E-state index contributed by atoms with van der Waals surface area (Å²) in [5.74, 6) is 0.799. The van der Waals surface area contributed by atoms with E-state index in [0.29, 0.717) is 17.8 Å². The molecule has 1 atom stereocenters. The first kappa shape index (κ1) is 20.5. The molecule has 0 spiro atoms. The quantitative estimate of drug-likeness (QED) is 0.592. The van der Waals surface area contributed by atoms with Crippen molar-refractivity contribution < 1.29 is 4.79 Å². The fraction of sp³-hybridized carbons (Fsp3) is 0.500. The molecule has 158 valence electrons. The number of amides is 1. The lowest BCUT2D eigenvalue weighted by Gasteiger charge is -2.44. The van der Waals surface area contributed by atoms with Crippen molar-refractivity contribution in [2.24, 2.45) is 0 Å². The third kappa shape index (κ3) is 3.71. The Morgan fingerprint density at radius 2 is 1.73 bits per heavy atom. The molecule has 5 rings (SSSR count). The second-order valence-electron chi connectivity index (χ2n) is 8.69. The Kier molecular flexibility index (Phi) is 5.91. The summed E-state index contributed by atoms with van der Waals surface area (Å²) in [4.78, 5) is 19.5. The van der Waals surface area contributed by atoms with Crippen molar-refractivity contribution >= 4 is 33.6 Å². The van der Waals surface area contributed by atoms with Crippen molar-refractivity contribution in [1.82, 2.24) is 15.2 Å². The highest BCUT2D eigenvalue weighted by Crippen LogP contribution is 2.50. The summed E-state index contributed by atoms with van der Waals surface area (Å²) in [7, 11) is 0. The summed E-state index contributed by atoms with van der Waals surface area (Å²) in [6.07, 6.45) is 13.4. The number of benzene rings is 1. The molecule has 0 radical (unpaired) electrons. The maximum Gasteiger partial charge on any atom is 0.235 e. The minimum absolute atomic E-state index is 0.267. The van der Waals surface area contributed by atoms with Gasteiger partial charge in [0, 0.05) is 34.5 Å². The number of pyridine rings is 1. The van der Waals surface area contributed by atoms with Crippen LogP contribution < -0.4 is 5.32 Å². The standard InChI is InChI=1S/C24H28BrN3OS/c25-18-11-9-17(10-12-18)21-13-14-26-15-22(21)24(27-19-5-1-2-6-19)28(23(29)16-30-24)20-7-3-4-8-20/h9-15,19-20,27H,1-8,16H2. The zero-order valence-corrected chi connectivity index (χ0v) is 19.6. The minimum Gasteiger partial charge on any atom is -0.308 e. The number of nitrogens with zero attached hydrogens (tertiary/aromatic N) is 2. The summed E-state index contributed by atoms with van der Waals surface area (Å²) in [6, 6.07) is 11.3. The van der Waals surface area contributed by atoms with E-state index in [4.69, 9.17) is 0 Å². The van der Waals surface area contributed by atoms with E-state index in [9.17, 15) is 4.79 Å². The molecule has 1 N–H and O–H groups in total. The Hall–Kier alpha value is -1.37. The number of hydrogen-bond acceptors (Lipinski definition) is 4. The van der Waals surface area contributed by atoms with Crippen molar-refractivity contribution in [1.29, 1.82) is 0 Å². The van der Waals surface area contributed by atoms with Gasteiger partial charge in [-0.15, -0.1) is 11.8 Å². The van der Waals surface area contributed by atoms with Crippen molar-refractivity contribution in [3.63, 3.8) is 0 Å². The summed E-state index contributed by atoms with van der Waals surface area (Å²) < 4.78 is 1.07. The largest absolute Gasteiger partial charge is 0.308 e. The van der Waals surface area contributed by atoms with Crippen LogP contribution in [0.5, 0.6) is 0 Å². The molecule has 1 aromatic carbocycles. The van der Waals surface area contributed by atoms with E-state index >= 15 is 0 Å². The second-order valence-corrected chi connectivity index (χ2v) is 10.8. The first-order chi connectivity index (χ1) is 14.7. The molecule has 1 aromatic heterocycles. The molecule has 1 amide bonds. The normalized spacial score (nSPS) is 25.5. The van der Waals surface area contributed by atoms with Gasteiger partial charge in [-0.05, 0) is 55.0 Å². The molecular formula is C24H28BrN3OS. The number of carbonyl (C=O) groups is 1. The highest BCUT2D eigenvalue weighted by atomic mass is 79.9. The highest BCUT2D eigenvalue weighted by molar-refractivity contribution is 9.10. The molecule has 3 fully saturated rings. The Balaban J connectivity index is 1.64. The lowest BCUT2D eigenvalue weighted by molar-refractivity contribution is -0.134. The Bertz CT molecular complexity index is 909. The first-order valence-electron chi connectivity index (χ1n) is 11.1. The number of nitrogens with one attached hydrogen (secondary N) is 1. The second kappa shape index (κ2) is 8.64. The fourth-order valence-corrected chi connectivity index (χ4v) is 7.09. The van der Waals surface area contributed by atoms with Gasteiger partial charge in [0.05, 0.1) is 5.75 Å². The smallest absolute Gasteiger partial charge is 0.235 e. The van der Waals surface area contributed by atoms with Crippen molar-refractivity contribution in [2.75, 3.05) is 5.75 Å². The number of hydrogen-bond donors (Lipinski definition) is 1. The monoisotopic (exact) mass is 485 g/mol. The molecule has 3 aliphatic rings. The van der Waals surface area contributed by atoms with Crippen molar-refractivity contribution in [3.05, 3.63) is 52.8 Å². The topological polar surface area (TPSA) is 45.2 Å². The summed E-state index contributed by atoms with van der Waals surface area (Å²) in [5.41, 5.74) is 3.45. The molecule has 2 saturated carbocycles. The molecule has 0 bridgehead atoms. The lowest BCUT2D eigenvalue weighted by atomic mass is 9.97. The minimum atomic E-state index is -0.530. The molecule has 1 aliphatic heterocycles. The molecule has 6 heteroatoms. The molecule has 2 aliphatic carbocycles. The molecule has 4 nitrogen and oxygen atoms in total. The number of halogens is 1. The molecule has 30 heavy (non-hydrogen) atoms. The van der Waals surface area contributed by atoms with E-state index in [-0.39, 0.29) is 5.91 Å². The lowest BCUT2D eigenvalue weighted by Crippen LogP contribution is -2.58. The fourth-order valence-electron chi connectivity index (χ4n) is 5.39. The van der Waals surface area contributed by atoms with E-state index in [1.807, 2.05) is 12.4 Å². The van der Waals surface area contributed by atoms with Gasteiger partial charge in [0.15, 0.2) is 4.99 Å². The zero-order chi connectivity index (χ0) is 20.6. The SMILES string of the molecule is O=C1CSC(NC2CCCC2)(c2cnccc2-c2ccc(Br)cc2)N1C1CCCC1. The van der Waals surface area contributed by atoms with Crippen LogP contribution in [0.25, 0.3) is 11.1 Å². The third-order valence-electron chi connectivity index (χ3n) is 6.80. The average molecular weight is 486 g/mol. The van der Waals surface area contributed by atoms with E-state index in [2.05, 4.69) is 61.5 Å². The van der Waals surface area contributed by atoms with Gasteiger partial charge in [-0.3, -0.25) is 15.1 Å². The highest BCUT2D eigenvalue weighted by Gasteiger charge is 2.53. The molecule has 1 saturated heterocycles. The van der Waals surface area contributed by atoms with E-state index in [0.717, 1.165) is 34.0 Å². The van der Waals surface area contributed by atoms with Crippen LogP contribution in [-0.2, 0) is 9.79 Å². The maximum absolute atomic E-state index is 13.3. The Labute approximate surface area is 191 Å². The van der Waals surface area contributed by atoms with Gasteiger partial charge in [0.2, 0.25) is 5.91 Å². The van der Waals surface area contributed by atoms with Gasteiger partial charge in [-0.2, -0.15) is 0 Å². The van der Waals surface area contributed by atoms with Gasteiger partial charge >= 0.3 is 0 Å². The van der Waals surface area contributed by atoms with Gasteiger partial charge in [0.1, 0.15) is 0 Å².